The molecule has 1 unspecified atom stereocenters. The van der Waals surface area contributed by atoms with E-state index in [-0.39, 0.29) is 5.56 Å². The van der Waals surface area contributed by atoms with E-state index >= 15 is 0 Å². The predicted molar refractivity (Wildman–Crippen MR) is 84.2 cm³/mol. The van der Waals surface area contributed by atoms with E-state index in [1.54, 1.807) is 13.0 Å². The van der Waals surface area contributed by atoms with Crippen LogP contribution in [0.5, 0.6) is 0 Å². The average Bonchev–Trinajstić information content (AvgIpc) is 3.34. The molecule has 1 aromatic heterocycles. The lowest BCUT2D eigenvalue weighted by Crippen LogP contribution is -2.25. The minimum absolute atomic E-state index is 0.137. The van der Waals surface area contributed by atoms with Gasteiger partial charge in [0.05, 0.1) is 11.7 Å². The molecular formula is C16H17N5O. The van der Waals surface area contributed by atoms with Crippen LogP contribution in [-0.2, 0) is 6.54 Å². The van der Waals surface area contributed by atoms with Gasteiger partial charge in [0.1, 0.15) is 0 Å². The number of hydrogen-bond acceptors (Lipinski definition) is 3. The lowest BCUT2D eigenvalue weighted by atomic mass is 10.0. The Morgan fingerprint density at radius 3 is 2.77 bits per heavy atom. The van der Waals surface area contributed by atoms with Crippen molar-refractivity contribution in [1.29, 1.82) is 0 Å². The van der Waals surface area contributed by atoms with Crippen LogP contribution in [-0.4, -0.2) is 9.78 Å². The van der Waals surface area contributed by atoms with Gasteiger partial charge in [0.25, 0.3) is 5.56 Å². The van der Waals surface area contributed by atoms with Crippen LogP contribution in [0.1, 0.15) is 31.4 Å². The van der Waals surface area contributed by atoms with Crippen LogP contribution in [0.4, 0.5) is 0 Å². The van der Waals surface area contributed by atoms with Crippen molar-refractivity contribution in [3.8, 4) is 11.3 Å². The number of nitrogens with zero attached hydrogens (tertiary/aromatic N) is 5. The molecule has 1 aliphatic carbocycles. The first-order chi connectivity index (χ1) is 10.7. The summed E-state index contributed by atoms with van der Waals surface area (Å²) in [6.45, 7) is 2.43. The molecule has 112 valence electrons. The Labute approximate surface area is 128 Å². The molecule has 0 amide bonds. The maximum Gasteiger partial charge on any atom is 0.267 e. The summed E-state index contributed by atoms with van der Waals surface area (Å²) < 4.78 is 1.53. The van der Waals surface area contributed by atoms with Crippen LogP contribution in [0.25, 0.3) is 21.7 Å². The third kappa shape index (κ3) is 3.02. The minimum atomic E-state index is -0.434. The lowest BCUT2D eigenvalue weighted by Gasteiger charge is -2.14. The zero-order valence-corrected chi connectivity index (χ0v) is 12.4. The van der Waals surface area contributed by atoms with Crippen molar-refractivity contribution in [2.75, 3.05) is 0 Å². The molecule has 1 aromatic carbocycles. The van der Waals surface area contributed by atoms with Gasteiger partial charge in [-0.1, -0.05) is 42.4 Å². The fourth-order valence-electron chi connectivity index (χ4n) is 2.46. The highest BCUT2D eigenvalue weighted by molar-refractivity contribution is 5.62. The van der Waals surface area contributed by atoms with Crippen LogP contribution in [0, 0.1) is 5.92 Å². The number of azide groups is 1. The van der Waals surface area contributed by atoms with Gasteiger partial charge in [-0.3, -0.25) is 4.79 Å². The van der Waals surface area contributed by atoms with E-state index in [1.165, 1.54) is 4.68 Å². The molecule has 1 fully saturated rings. The molecule has 0 radical (unpaired) electrons. The first-order valence-corrected chi connectivity index (χ1v) is 7.40. The second kappa shape index (κ2) is 6.03. The molecule has 3 rings (SSSR count). The zero-order valence-electron chi connectivity index (χ0n) is 12.4. The molecule has 1 atom stereocenters. The highest BCUT2D eigenvalue weighted by atomic mass is 16.1. The van der Waals surface area contributed by atoms with E-state index in [2.05, 4.69) is 15.1 Å². The van der Waals surface area contributed by atoms with E-state index in [1.807, 2.05) is 30.3 Å². The maximum atomic E-state index is 12.3. The van der Waals surface area contributed by atoms with Crippen molar-refractivity contribution in [1.82, 2.24) is 9.78 Å². The van der Waals surface area contributed by atoms with Crippen LogP contribution >= 0.6 is 0 Å². The molecule has 0 saturated heterocycles. The normalized spacial score (nSPS) is 15.1. The zero-order chi connectivity index (χ0) is 15.5. The molecule has 6 heteroatoms. The Morgan fingerprint density at radius 1 is 1.41 bits per heavy atom. The summed E-state index contributed by atoms with van der Waals surface area (Å²) >= 11 is 0. The number of hydrogen-bond donors (Lipinski definition) is 0. The molecule has 0 bridgehead atoms. The summed E-state index contributed by atoms with van der Waals surface area (Å²) in [6.07, 6.45) is 2.32. The van der Waals surface area contributed by atoms with E-state index in [0.717, 1.165) is 18.4 Å². The van der Waals surface area contributed by atoms with Gasteiger partial charge in [-0.05, 0) is 29.9 Å². The Hall–Kier alpha value is -2.59. The van der Waals surface area contributed by atoms with Crippen molar-refractivity contribution in [2.24, 2.45) is 11.0 Å². The van der Waals surface area contributed by atoms with Crippen molar-refractivity contribution in [3.05, 3.63) is 62.8 Å². The summed E-state index contributed by atoms with van der Waals surface area (Å²) in [5.74, 6) is 0.564. The number of aromatic nitrogens is 2. The van der Waals surface area contributed by atoms with E-state index in [0.29, 0.717) is 23.7 Å². The molecule has 0 spiro atoms. The number of benzene rings is 1. The van der Waals surface area contributed by atoms with Gasteiger partial charge in [-0.15, -0.1) is 0 Å². The van der Waals surface area contributed by atoms with Crippen LogP contribution in [0.15, 0.2) is 46.3 Å². The largest absolute Gasteiger partial charge is 0.268 e. The van der Waals surface area contributed by atoms with Gasteiger partial charge in [0.15, 0.2) is 0 Å². The van der Waals surface area contributed by atoms with Gasteiger partial charge in [-0.2, -0.15) is 5.10 Å². The average molecular weight is 295 g/mol. The fraction of sp³-hybridized carbons (Fsp3) is 0.375. The topological polar surface area (TPSA) is 83.7 Å². The Morgan fingerprint density at radius 2 is 2.14 bits per heavy atom. The second-order valence-corrected chi connectivity index (χ2v) is 5.66. The molecule has 0 N–H and O–H groups in total. The Bertz CT molecular complexity index is 773. The predicted octanol–water partition coefficient (Wildman–Crippen LogP) is 3.69. The molecule has 1 saturated carbocycles. The van der Waals surface area contributed by atoms with Crippen molar-refractivity contribution < 1.29 is 0 Å². The van der Waals surface area contributed by atoms with Gasteiger partial charge in [0.2, 0.25) is 0 Å². The quantitative estimate of drug-likeness (QED) is 0.478. The summed E-state index contributed by atoms with van der Waals surface area (Å²) in [7, 11) is 0. The summed E-state index contributed by atoms with van der Waals surface area (Å²) in [5.41, 5.74) is 10.8. The minimum Gasteiger partial charge on any atom is -0.268 e. The van der Waals surface area contributed by atoms with Crippen molar-refractivity contribution in [2.45, 2.75) is 32.4 Å². The molecule has 1 aliphatic rings. The molecule has 22 heavy (non-hydrogen) atoms. The maximum absolute atomic E-state index is 12.3. The van der Waals surface area contributed by atoms with Gasteiger partial charge < -0.3 is 0 Å². The van der Waals surface area contributed by atoms with E-state index in [9.17, 15) is 4.79 Å². The monoisotopic (exact) mass is 295 g/mol. The van der Waals surface area contributed by atoms with Crippen LogP contribution < -0.4 is 5.56 Å². The van der Waals surface area contributed by atoms with E-state index in [4.69, 9.17) is 5.53 Å². The smallest absolute Gasteiger partial charge is 0.267 e. The van der Waals surface area contributed by atoms with Gasteiger partial charge in [0, 0.05) is 23.1 Å². The van der Waals surface area contributed by atoms with Crippen molar-refractivity contribution in [3.63, 3.8) is 0 Å². The number of rotatable bonds is 5. The second-order valence-electron chi connectivity index (χ2n) is 5.66. The summed E-state index contributed by atoms with van der Waals surface area (Å²) in [5, 5.41) is 8.26. The molecular weight excluding hydrogens is 278 g/mol. The molecule has 0 aliphatic heterocycles. The van der Waals surface area contributed by atoms with Crippen molar-refractivity contribution >= 4 is 0 Å². The third-order valence-electron chi connectivity index (χ3n) is 3.88. The third-order valence-corrected chi connectivity index (χ3v) is 3.88. The van der Waals surface area contributed by atoms with Gasteiger partial charge >= 0.3 is 0 Å². The SMILES string of the molecule is CC(N=[N+]=[N-])c1cc(=O)n(CC2CC2)nc1-c1ccccc1. The van der Waals surface area contributed by atoms with E-state index < -0.39 is 6.04 Å². The lowest BCUT2D eigenvalue weighted by molar-refractivity contribution is 0.532. The summed E-state index contributed by atoms with van der Waals surface area (Å²) in [6, 6.07) is 10.8. The van der Waals surface area contributed by atoms with Crippen LogP contribution in [0.3, 0.4) is 0 Å². The molecule has 1 heterocycles. The van der Waals surface area contributed by atoms with Gasteiger partial charge in [-0.25, -0.2) is 4.68 Å². The van der Waals surface area contributed by atoms with Crippen LogP contribution in [0.2, 0.25) is 0 Å². The highest BCUT2D eigenvalue weighted by Gasteiger charge is 2.24. The Balaban J connectivity index is 2.13. The molecule has 2 aromatic rings. The summed E-state index contributed by atoms with van der Waals surface area (Å²) in [4.78, 5) is 15.1. The fourth-order valence-corrected chi connectivity index (χ4v) is 2.46. The first-order valence-electron chi connectivity index (χ1n) is 7.40. The highest BCUT2D eigenvalue weighted by Crippen LogP contribution is 2.31. The molecule has 6 nitrogen and oxygen atoms in total. The standard InChI is InChI=1S/C16H17N5O/c1-11(18-20-17)14-9-15(22)21(10-12-7-8-12)19-16(14)13-5-3-2-4-6-13/h2-6,9,11-12H,7-8,10H2,1H3. The first kappa shape index (κ1) is 14.4. The Kier molecular flexibility index (Phi) is 3.94.